The summed E-state index contributed by atoms with van der Waals surface area (Å²) in [5.41, 5.74) is 2.59. The zero-order valence-corrected chi connectivity index (χ0v) is 24.3. The standard InChI is InChI=1S/C34H42N2O5/c1-4-18-35-19-17-34-24-15-16-25(33(34)41-32-29(40-3)21-28(38)23(31(32)34)20-26(24)35)36(5-2)30(39)14-10-9-13-27(37)22-11-7-6-8-12-22/h4,6-8,11-12,21,24-26,33,38H,1,5,9-10,13-20H2,2-3H3/t24-,25+,26+,33-,34-/m0/s1. The van der Waals surface area contributed by atoms with Crippen LogP contribution in [-0.2, 0) is 16.6 Å². The molecule has 0 aromatic heterocycles. The van der Waals surface area contributed by atoms with Crippen LogP contribution in [0.1, 0.15) is 73.4 Å². The first-order chi connectivity index (χ1) is 19.9. The van der Waals surface area contributed by atoms with Gasteiger partial charge in [-0.25, -0.2) is 0 Å². The van der Waals surface area contributed by atoms with Gasteiger partial charge >= 0.3 is 0 Å². The number of piperidine rings is 1. The Morgan fingerprint density at radius 1 is 1.22 bits per heavy atom. The SMILES string of the molecule is C=CCN1CC[C@]23c4c5c(O)cc(OC)c4O[C@H]2[C@H](N(CC)C(=O)CCCCC(=O)c2ccccc2)CC[C@H]3[C@H]1C5. The number of amides is 1. The molecule has 218 valence electrons. The van der Waals surface area contributed by atoms with Crippen molar-refractivity contribution in [3.05, 3.63) is 65.7 Å². The predicted molar refractivity (Wildman–Crippen MR) is 158 cm³/mol. The van der Waals surface area contributed by atoms with E-state index < -0.39 is 0 Å². The molecule has 2 aliphatic carbocycles. The summed E-state index contributed by atoms with van der Waals surface area (Å²) in [7, 11) is 1.62. The summed E-state index contributed by atoms with van der Waals surface area (Å²) >= 11 is 0. The van der Waals surface area contributed by atoms with Gasteiger partial charge in [-0.1, -0.05) is 36.4 Å². The number of phenolic OH excluding ortho intramolecular Hbond substituents is 1. The number of likely N-dealkylation sites (N-methyl/N-ethyl adjacent to an activating group) is 1. The van der Waals surface area contributed by atoms with E-state index in [1.807, 2.05) is 41.3 Å². The third kappa shape index (κ3) is 4.44. The number of phenols is 1. The first kappa shape index (κ1) is 27.8. The van der Waals surface area contributed by atoms with Gasteiger partial charge in [-0.15, -0.1) is 6.58 Å². The lowest BCUT2D eigenvalue weighted by Crippen LogP contribution is -2.69. The van der Waals surface area contributed by atoms with Gasteiger partial charge in [0.1, 0.15) is 11.9 Å². The molecule has 5 atom stereocenters. The molecule has 4 aliphatic rings. The molecule has 2 aliphatic heterocycles. The molecule has 2 aromatic carbocycles. The number of methoxy groups -OCH3 is 1. The minimum Gasteiger partial charge on any atom is -0.508 e. The minimum atomic E-state index is -0.254. The molecular formula is C34H42N2O5. The van der Waals surface area contributed by atoms with E-state index >= 15 is 0 Å². The van der Waals surface area contributed by atoms with Crippen LogP contribution >= 0.6 is 0 Å². The molecule has 2 heterocycles. The second kappa shape index (κ2) is 11.2. The fraction of sp³-hybridized carbons (Fsp3) is 0.529. The number of carbonyl (C=O) groups is 2. The van der Waals surface area contributed by atoms with E-state index in [2.05, 4.69) is 18.4 Å². The number of likely N-dealkylation sites (tertiary alicyclic amines) is 1. The zero-order chi connectivity index (χ0) is 28.7. The number of ether oxygens (including phenoxy) is 2. The Morgan fingerprint density at radius 3 is 2.73 bits per heavy atom. The molecule has 2 bridgehead atoms. The maximum atomic E-state index is 13.7. The van der Waals surface area contributed by atoms with Crippen LogP contribution in [-0.4, -0.2) is 71.5 Å². The van der Waals surface area contributed by atoms with Crippen LogP contribution < -0.4 is 9.47 Å². The molecular weight excluding hydrogens is 516 g/mol. The number of hydrogen-bond donors (Lipinski definition) is 1. The van der Waals surface area contributed by atoms with Crippen molar-refractivity contribution in [2.45, 2.75) is 81.9 Å². The van der Waals surface area contributed by atoms with Gasteiger partial charge < -0.3 is 19.5 Å². The molecule has 1 N–H and O–H groups in total. The maximum absolute atomic E-state index is 13.7. The number of nitrogens with zero attached hydrogens (tertiary/aromatic N) is 2. The summed E-state index contributed by atoms with van der Waals surface area (Å²) in [4.78, 5) is 30.8. The minimum absolute atomic E-state index is 0.0495. The smallest absolute Gasteiger partial charge is 0.222 e. The lowest BCUT2D eigenvalue weighted by Gasteiger charge is -2.60. The molecule has 1 saturated heterocycles. The van der Waals surface area contributed by atoms with Crippen molar-refractivity contribution in [2.24, 2.45) is 5.92 Å². The average molecular weight is 559 g/mol. The Kier molecular flexibility index (Phi) is 7.58. The summed E-state index contributed by atoms with van der Waals surface area (Å²) in [5.74, 6) is 2.26. The van der Waals surface area contributed by atoms with Crippen LogP contribution in [0.2, 0.25) is 0 Å². The second-order valence-corrected chi connectivity index (χ2v) is 12.1. The van der Waals surface area contributed by atoms with Gasteiger partial charge in [0.25, 0.3) is 0 Å². The Morgan fingerprint density at radius 2 is 2.00 bits per heavy atom. The summed E-state index contributed by atoms with van der Waals surface area (Å²) in [6.07, 6.45) is 7.66. The van der Waals surface area contributed by atoms with E-state index in [1.165, 1.54) is 0 Å². The highest BCUT2D eigenvalue weighted by Gasteiger charge is 2.67. The van der Waals surface area contributed by atoms with E-state index in [9.17, 15) is 14.7 Å². The number of carbonyl (C=O) groups excluding carboxylic acids is 2. The van der Waals surface area contributed by atoms with Crippen molar-refractivity contribution >= 4 is 11.7 Å². The summed E-state index contributed by atoms with van der Waals surface area (Å²) in [5, 5.41) is 11.1. The normalized spacial score (nSPS) is 27.5. The fourth-order valence-electron chi connectivity index (χ4n) is 8.58. The molecule has 2 aromatic rings. The van der Waals surface area contributed by atoms with E-state index in [0.29, 0.717) is 49.9 Å². The Bertz CT molecular complexity index is 1330. The number of ketones is 1. The maximum Gasteiger partial charge on any atom is 0.222 e. The van der Waals surface area contributed by atoms with Crippen molar-refractivity contribution in [3.63, 3.8) is 0 Å². The molecule has 1 amide bonds. The molecule has 7 nitrogen and oxygen atoms in total. The van der Waals surface area contributed by atoms with Gasteiger partial charge in [-0.3, -0.25) is 14.5 Å². The van der Waals surface area contributed by atoms with Crippen LogP contribution in [0.25, 0.3) is 0 Å². The molecule has 6 rings (SSSR count). The molecule has 1 saturated carbocycles. The van der Waals surface area contributed by atoms with Crippen molar-refractivity contribution in [2.75, 3.05) is 26.7 Å². The van der Waals surface area contributed by atoms with Crippen LogP contribution in [0, 0.1) is 5.92 Å². The lowest BCUT2D eigenvalue weighted by atomic mass is 9.50. The van der Waals surface area contributed by atoms with E-state index in [1.54, 1.807) is 13.2 Å². The Hall–Kier alpha value is -3.32. The first-order valence-electron chi connectivity index (χ1n) is 15.3. The van der Waals surface area contributed by atoms with Gasteiger partial charge in [-0.2, -0.15) is 0 Å². The van der Waals surface area contributed by atoms with Gasteiger partial charge in [0, 0.05) is 60.1 Å². The van der Waals surface area contributed by atoms with Crippen LogP contribution in [0.4, 0.5) is 0 Å². The fourth-order valence-corrected chi connectivity index (χ4v) is 8.58. The molecule has 2 fully saturated rings. The number of unbranched alkanes of at least 4 members (excludes halogenated alkanes) is 1. The molecule has 41 heavy (non-hydrogen) atoms. The monoisotopic (exact) mass is 558 g/mol. The summed E-state index contributed by atoms with van der Waals surface area (Å²) in [6.45, 7) is 8.43. The van der Waals surface area contributed by atoms with Gasteiger partial charge in [0.05, 0.1) is 13.2 Å². The number of benzene rings is 2. The molecule has 0 unspecified atom stereocenters. The zero-order valence-electron chi connectivity index (χ0n) is 24.3. The topological polar surface area (TPSA) is 79.3 Å². The number of hydrogen-bond acceptors (Lipinski definition) is 6. The Balaban J connectivity index is 1.24. The van der Waals surface area contributed by atoms with Gasteiger partial charge in [0.2, 0.25) is 5.91 Å². The van der Waals surface area contributed by atoms with Crippen molar-refractivity contribution in [1.29, 1.82) is 0 Å². The highest BCUT2D eigenvalue weighted by atomic mass is 16.5. The lowest BCUT2D eigenvalue weighted by molar-refractivity contribution is -0.142. The number of rotatable bonds is 11. The second-order valence-electron chi connectivity index (χ2n) is 12.1. The van der Waals surface area contributed by atoms with E-state index in [0.717, 1.165) is 61.2 Å². The van der Waals surface area contributed by atoms with E-state index in [4.69, 9.17) is 9.47 Å². The highest BCUT2D eigenvalue weighted by molar-refractivity contribution is 5.95. The molecule has 1 spiro atoms. The van der Waals surface area contributed by atoms with Crippen molar-refractivity contribution in [1.82, 2.24) is 9.80 Å². The summed E-state index contributed by atoms with van der Waals surface area (Å²) in [6, 6.07) is 11.3. The average Bonchev–Trinajstić information content (AvgIpc) is 3.33. The highest BCUT2D eigenvalue weighted by Crippen LogP contribution is 2.65. The predicted octanol–water partition coefficient (Wildman–Crippen LogP) is 5.29. The third-order valence-corrected chi connectivity index (χ3v) is 10.3. The van der Waals surface area contributed by atoms with Gasteiger partial charge in [0.15, 0.2) is 17.3 Å². The quantitative estimate of drug-likeness (QED) is 0.230. The van der Waals surface area contributed by atoms with Crippen molar-refractivity contribution < 1.29 is 24.2 Å². The molecule has 0 radical (unpaired) electrons. The third-order valence-electron chi connectivity index (χ3n) is 10.3. The van der Waals surface area contributed by atoms with Gasteiger partial charge in [-0.05, 0) is 57.9 Å². The molecule has 7 heteroatoms. The van der Waals surface area contributed by atoms with Crippen LogP contribution in [0.3, 0.4) is 0 Å². The van der Waals surface area contributed by atoms with Crippen LogP contribution in [0.5, 0.6) is 17.2 Å². The largest absolute Gasteiger partial charge is 0.508 e. The van der Waals surface area contributed by atoms with E-state index in [-0.39, 0.29) is 35.0 Å². The number of aromatic hydroxyl groups is 1. The first-order valence-corrected chi connectivity index (χ1v) is 15.3. The Labute approximate surface area is 243 Å². The van der Waals surface area contributed by atoms with Crippen LogP contribution in [0.15, 0.2) is 49.1 Å². The number of Topliss-reactive ketones (excluding diaryl/α,β-unsaturated/α-hetero) is 1. The van der Waals surface area contributed by atoms with Crippen molar-refractivity contribution in [3.8, 4) is 17.2 Å². The summed E-state index contributed by atoms with van der Waals surface area (Å²) < 4.78 is 12.6.